The largest absolute Gasteiger partial charge is 0.483 e. The van der Waals surface area contributed by atoms with Crippen molar-refractivity contribution < 1.29 is 23.9 Å². The molecule has 1 aromatic carbocycles. The quantitative estimate of drug-likeness (QED) is 0.140. The first-order chi connectivity index (χ1) is 21.1. The Labute approximate surface area is 262 Å². The molecule has 236 valence electrons. The lowest BCUT2D eigenvalue weighted by molar-refractivity contribution is -0.152. The summed E-state index contributed by atoms with van der Waals surface area (Å²) in [6.07, 6.45) is 11.0. The Bertz CT molecular complexity index is 1470. The van der Waals surface area contributed by atoms with Crippen LogP contribution in [0.4, 0.5) is 0 Å². The van der Waals surface area contributed by atoms with Gasteiger partial charge in [0.25, 0.3) is 0 Å². The molecule has 1 saturated heterocycles. The fourth-order valence-electron chi connectivity index (χ4n) is 7.47. The summed E-state index contributed by atoms with van der Waals surface area (Å²) >= 11 is 0. The van der Waals surface area contributed by atoms with Gasteiger partial charge in [0, 0.05) is 29.7 Å². The van der Waals surface area contributed by atoms with Gasteiger partial charge in [-0.2, -0.15) is 0 Å². The van der Waals surface area contributed by atoms with Crippen molar-refractivity contribution in [2.75, 3.05) is 13.2 Å². The Morgan fingerprint density at radius 3 is 2.68 bits per heavy atom. The monoisotopic (exact) mass is 600 g/mol. The standard InChI is InChI=1S/C37H48N2O5/c1-7-10-11-12-13-14-25(5)34(41)39-23-36(21-31(39)32(40)22-37(20-27(37)8-2)35(42)43-9-3)18-17-28-29-19-24(4)15-16-30(29)38-26(6)33(28)44-36/h7-8,15-16,19,25,27,31H,1-2,9-14,17-18,20-23H2,3-6H3/t25-,27+,31-,36+,37?/m0/s1. The first-order valence-corrected chi connectivity index (χ1v) is 16.4. The number of nitrogens with zero attached hydrogens (tertiary/aromatic N) is 2. The lowest BCUT2D eigenvalue weighted by Gasteiger charge is -2.36. The molecule has 2 aromatic rings. The number of aromatic nitrogens is 1. The molecule has 0 N–H and O–H groups in total. The van der Waals surface area contributed by atoms with E-state index in [1.807, 2.05) is 19.9 Å². The summed E-state index contributed by atoms with van der Waals surface area (Å²) in [5, 5.41) is 1.10. The molecule has 44 heavy (non-hydrogen) atoms. The lowest BCUT2D eigenvalue weighted by Crippen LogP contribution is -2.46. The molecule has 1 unspecified atom stereocenters. The first kappa shape index (κ1) is 31.9. The molecular formula is C37H48N2O5. The topological polar surface area (TPSA) is 85.8 Å². The average molecular weight is 601 g/mol. The van der Waals surface area contributed by atoms with E-state index in [9.17, 15) is 14.4 Å². The number of pyridine rings is 1. The van der Waals surface area contributed by atoms with Gasteiger partial charge in [0.1, 0.15) is 11.4 Å². The average Bonchev–Trinajstić information content (AvgIpc) is 3.61. The zero-order valence-electron chi connectivity index (χ0n) is 27.0. The van der Waals surface area contributed by atoms with Crippen molar-refractivity contribution in [3.63, 3.8) is 0 Å². The van der Waals surface area contributed by atoms with Gasteiger partial charge in [0.15, 0.2) is 5.78 Å². The van der Waals surface area contributed by atoms with E-state index in [0.29, 0.717) is 25.8 Å². The molecule has 3 aliphatic rings. The van der Waals surface area contributed by atoms with Crippen molar-refractivity contribution in [1.29, 1.82) is 0 Å². The minimum absolute atomic E-state index is 0.0106. The molecule has 2 aliphatic heterocycles. The van der Waals surface area contributed by atoms with Crippen molar-refractivity contribution in [2.45, 2.75) is 104 Å². The normalized spacial score (nSPS) is 26.1. The molecule has 5 atom stereocenters. The number of rotatable bonds is 13. The minimum atomic E-state index is -0.882. The molecule has 5 rings (SSSR count). The third-order valence-corrected chi connectivity index (χ3v) is 10.1. The number of ketones is 1. The van der Waals surface area contributed by atoms with E-state index < -0.39 is 17.1 Å². The number of carbonyl (C=O) groups excluding carboxylic acids is 3. The zero-order valence-corrected chi connectivity index (χ0v) is 27.0. The van der Waals surface area contributed by atoms with Gasteiger partial charge >= 0.3 is 5.97 Å². The van der Waals surface area contributed by atoms with E-state index in [-0.39, 0.29) is 42.5 Å². The van der Waals surface area contributed by atoms with E-state index in [4.69, 9.17) is 14.5 Å². The van der Waals surface area contributed by atoms with Crippen molar-refractivity contribution in [3.05, 3.63) is 60.3 Å². The molecule has 0 radical (unpaired) electrons. The molecule has 3 heterocycles. The van der Waals surface area contributed by atoms with E-state index in [1.54, 1.807) is 17.9 Å². The summed E-state index contributed by atoms with van der Waals surface area (Å²) < 4.78 is 12.3. The van der Waals surface area contributed by atoms with Crippen LogP contribution in [0.3, 0.4) is 0 Å². The number of benzene rings is 1. The highest BCUT2D eigenvalue weighted by atomic mass is 16.5. The van der Waals surface area contributed by atoms with Crippen LogP contribution < -0.4 is 4.74 Å². The van der Waals surface area contributed by atoms with Crippen LogP contribution in [-0.4, -0.2) is 52.3 Å². The number of carbonyl (C=O) groups is 3. The molecule has 2 fully saturated rings. The predicted octanol–water partition coefficient (Wildman–Crippen LogP) is 7.00. The SMILES string of the molecule is C=CCCCCC[C@H](C)C(=O)N1C[C@@]2(CCc3c(c(C)nc4ccc(C)cc34)O2)C[C@H]1C(=O)CC1(C(=O)OCC)C[C@H]1C=C. The number of fused-ring (bicyclic) bond motifs is 3. The molecule has 7 heteroatoms. The first-order valence-electron chi connectivity index (χ1n) is 16.4. The van der Waals surface area contributed by atoms with Crippen LogP contribution in [0, 0.1) is 31.1 Å². The van der Waals surface area contributed by atoms with Crippen molar-refractivity contribution in [2.24, 2.45) is 17.3 Å². The number of amides is 1. The Kier molecular flexibility index (Phi) is 9.33. The van der Waals surface area contributed by atoms with Gasteiger partial charge in [-0.1, -0.05) is 43.5 Å². The van der Waals surface area contributed by atoms with E-state index in [1.165, 1.54) is 5.56 Å². The third kappa shape index (κ3) is 6.07. The van der Waals surface area contributed by atoms with Crippen LogP contribution in [-0.2, 0) is 25.5 Å². The van der Waals surface area contributed by atoms with Crippen LogP contribution in [0.1, 0.15) is 88.5 Å². The maximum atomic E-state index is 14.2. The molecule has 1 aromatic heterocycles. The highest BCUT2D eigenvalue weighted by molar-refractivity contribution is 5.95. The minimum Gasteiger partial charge on any atom is -0.483 e. The Hall–Kier alpha value is -3.48. The number of hydrogen-bond donors (Lipinski definition) is 0. The maximum Gasteiger partial charge on any atom is 0.313 e. The van der Waals surface area contributed by atoms with E-state index >= 15 is 0 Å². The number of ether oxygens (including phenoxy) is 2. The van der Waals surface area contributed by atoms with Gasteiger partial charge in [-0.3, -0.25) is 14.4 Å². The highest BCUT2D eigenvalue weighted by Gasteiger charge is 2.62. The van der Waals surface area contributed by atoms with Crippen molar-refractivity contribution >= 4 is 28.6 Å². The fraction of sp³-hybridized carbons (Fsp3) is 0.568. The van der Waals surface area contributed by atoms with Crippen LogP contribution >= 0.6 is 0 Å². The van der Waals surface area contributed by atoms with Gasteiger partial charge < -0.3 is 14.4 Å². The lowest BCUT2D eigenvalue weighted by atomic mass is 9.85. The summed E-state index contributed by atoms with van der Waals surface area (Å²) in [5.41, 5.74) is 2.53. The summed E-state index contributed by atoms with van der Waals surface area (Å²) in [7, 11) is 0. The zero-order chi connectivity index (χ0) is 31.6. The Morgan fingerprint density at radius 1 is 1.18 bits per heavy atom. The van der Waals surface area contributed by atoms with Gasteiger partial charge in [-0.15, -0.1) is 13.2 Å². The van der Waals surface area contributed by atoms with Gasteiger partial charge in [0.05, 0.1) is 35.8 Å². The second-order valence-electron chi connectivity index (χ2n) is 13.4. The summed E-state index contributed by atoms with van der Waals surface area (Å²) in [4.78, 5) is 47.9. The summed E-state index contributed by atoms with van der Waals surface area (Å²) in [6, 6.07) is 5.64. The number of likely N-dealkylation sites (tertiary alicyclic amines) is 1. The molecular weight excluding hydrogens is 552 g/mol. The van der Waals surface area contributed by atoms with Crippen LogP contribution in [0.15, 0.2) is 43.5 Å². The number of hydrogen-bond acceptors (Lipinski definition) is 6. The number of unbranched alkanes of at least 4 members (excludes halogenated alkanes) is 3. The van der Waals surface area contributed by atoms with Crippen LogP contribution in [0.5, 0.6) is 5.75 Å². The number of allylic oxidation sites excluding steroid dienone is 2. The Balaban J connectivity index is 1.42. The van der Waals surface area contributed by atoms with Gasteiger partial charge in [0.2, 0.25) is 5.91 Å². The molecule has 7 nitrogen and oxygen atoms in total. The summed E-state index contributed by atoms with van der Waals surface area (Å²) in [6.45, 7) is 16.1. The van der Waals surface area contributed by atoms with Crippen molar-refractivity contribution in [1.82, 2.24) is 9.88 Å². The smallest absolute Gasteiger partial charge is 0.313 e. The Morgan fingerprint density at radius 2 is 1.98 bits per heavy atom. The van der Waals surface area contributed by atoms with Crippen molar-refractivity contribution in [3.8, 4) is 5.75 Å². The predicted molar refractivity (Wildman–Crippen MR) is 172 cm³/mol. The van der Waals surface area contributed by atoms with Crippen LogP contribution in [0.2, 0.25) is 0 Å². The molecule has 1 amide bonds. The molecule has 0 bridgehead atoms. The van der Waals surface area contributed by atoms with Gasteiger partial charge in [-0.05, 0) is 77.3 Å². The fourth-order valence-corrected chi connectivity index (χ4v) is 7.47. The third-order valence-electron chi connectivity index (χ3n) is 10.1. The molecule has 1 spiro atoms. The van der Waals surface area contributed by atoms with Gasteiger partial charge in [-0.25, -0.2) is 4.98 Å². The second kappa shape index (κ2) is 12.9. The number of aryl methyl sites for hydroxylation is 3. The second-order valence-corrected chi connectivity index (χ2v) is 13.4. The molecule has 1 saturated carbocycles. The van der Waals surface area contributed by atoms with Crippen LogP contribution in [0.25, 0.3) is 10.9 Å². The van der Waals surface area contributed by atoms with E-state index in [0.717, 1.165) is 66.4 Å². The number of esters is 1. The highest BCUT2D eigenvalue weighted by Crippen LogP contribution is 2.57. The van der Waals surface area contributed by atoms with E-state index in [2.05, 4.69) is 38.3 Å². The maximum absolute atomic E-state index is 14.2. The number of Topliss-reactive ketones (excluding diaryl/α,β-unsaturated/α-hetero) is 1. The molecule has 1 aliphatic carbocycles. The summed E-state index contributed by atoms with van der Waals surface area (Å²) in [5.74, 6) is 0.0252.